The average molecular weight is 267 g/mol. The van der Waals surface area contributed by atoms with Gasteiger partial charge in [0.15, 0.2) is 0 Å². The van der Waals surface area contributed by atoms with E-state index in [4.69, 9.17) is 5.73 Å². The highest BCUT2D eigenvalue weighted by Gasteiger charge is 2.30. The molecule has 2 heterocycles. The van der Waals surface area contributed by atoms with Crippen LogP contribution in [0.15, 0.2) is 48.7 Å². The van der Waals surface area contributed by atoms with Crippen LogP contribution in [0.1, 0.15) is 36.2 Å². The number of rotatable bonds is 4. The van der Waals surface area contributed by atoms with Crippen LogP contribution >= 0.6 is 0 Å². The molecule has 2 unspecified atom stereocenters. The molecule has 0 bridgehead atoms. The van der Waals surface area contributed by atoms with Gasteiger partial charge in [-0.2, -0.15) is 0 Å². The number of hydrogen-bond donors (Lipinski definition) is 1. The van der Waals surface area contributed by atoms with Gasteiger partial charge in [0.2, 0.25) is 0 Å². The molecule has 0 saturated heterocycles. The van der Waals surface area contributed by atoms with Crippen LogP contribution in [0.3, 0.4) is 0 Å². The van der Waals surface area contributed by atoms with Crippen molar-refractivity contribution >= 4 is 0 Å². The molecular weight excluding hydrogens is 246 g/mol. The predicted molar refractivity (Wildman–Crippen MR) is 80.9 cm³/mol. The first-order valence-corrected chi connectivity index (χ1v) is 7.27. The van der Waals surface area contributed by atoms with Crippen LogP contribution in [0.2, 0.25) is 0 Å². The molecule has 2 atom stereocenters. The second-order valence-corrected chi connectivity index (χ2v) is 5.45. The van der Waals surface area contributed by atoms with Gasteiger partial charge in [-0.05, 0) is 29.7 Å². The van der Waals surface area contributed by atoms with E-state index in [0.29, 0.717) is 0 Å². The van der Waals surface area contributed by atoms with Gasteiger partial charge in [-0.15, -0.1) is 0 Å². The number of nitrogens with zero attached hydrogens (tertiary/aromatic N) is 2. The molecule has 3 nitrogen and oxygen atoms in total. The van der Waals surface area contributed by atoms with E-state index >= 15 is 0 Å². The van der Waals surface area contributed by atoms with E-state index in [1.165, 1.54) is 11.1 Å². The Kier molecular flexibility index (Phi) is 3.81. The molecule has 20 heavy (non-hydrogen) atoms. The molecule has 3 heteroatoms. The van der Waals surface area contributed by atoms with E-state index < -0.39 is 0 Å². The first kappa shape index (κ1) is 13.3. The van der Waals surface area contributed by atoms with Gasteiger partial charge < -0.3 is 5.73 Å². The second kappa shape index (κ2) is 5.73. The van der Waals surface area contributed by atoms with Gasteiger partial charge in [-0.3, -0.25) is 9.88 Å². The average Bonchev–Trinajstić information content (AvgIpc) is 2.91. The molecule has 0 radical (unpaired) electrons. The number of fused-ring (bicyclic) bond motifs is 1. The third kappa shape index (κ3) is 2.47. The summed E-state index contributed by atoms with van der Waals surface area (Å²) in [5.74, 6) is 0. The summed E-state index contributed by atoms with van der Waals surface area (Å²) < 4.78 is 0. The van der Waals surface area contributed by atoms with Crippen molar-refractivity contribution in [3.8, 4) is 0 Å². The van der Waals surface area contributed by atoms with Gasteiger partial charge in [-0.1, -0.05) is 37.3 Å². The van der Waals surface area contributed by atoms with Gasteiger partial charge >= 0.3 is 0 Å². The third-order valence-electron chi connectivity index (χ3n) is 4.13. The largest absolute Gasteiger partial charge is 0.326 e. The molecular formula is C17H21N3. The fourth-order valence-corrected chi connectivity index (χ4v) is 3.01. The van der Waals surface area contributed by atoms with Crippen LogP contribution in [0.25, 0.3) is 0 Å². The van der Waals surface area contributed by atoms with Gasteiger partial charge in [0.25, 0.3) is 0 Å². The summed E-state index contributed by atoms with van der Waals surface area (Å²) in [4.78, 5) is 6.98. The lowest BCUT2D eigenvalue weighted by molar-refractivity contribution is 0.166. The number of benzene rings is 1. The Bertz CT molecular complexity index is 542. The van der Waals surface area contributed by atoms with Gasteiger partial charge in [0, 0.05) is 25.3 Å². The van der Waals surface area contributed by atoms with Crippen molar-refractivity contribution in [1.82, 2.24) is 9.88 Å². The van der Waals surface area contributed by atoms with Crippen LogP contribution in [0.4, 0.5) is 0 Å². The van der Waals surface area contributed by atoms with Crippen molar-refractivity contribution < 1.29 is 0 Å². The van der Waals surface area contributed by atoms with Crippen molar-refractivity contribution in [2.75, 3.05) is 0 Å². The van der Waals surface area contributed by atoms with Crippen molar-refractivity contribution in [3.05, 3.63) is 65.5 Å². The van der Waals surface area contributed by atoms with E-state index in [1.54, 1.807) is 0 Å². The Morgan fingerprint density at radius 2 is 1.75 bits per heavy atom. The SMILES string of the molecule is CCC(N)C(c1ccccn1)N1Cc2ccccc2C1. The molecule has 1 aromatic carbocycles. The lowest BCUT2D eigenvalue weighted by Crippen LogP contribution is -2.38. The Hall–Kier alpha value is -1.71. The van der Waals surface area contributed by atoms with Gasteiger partial charge in [0.1, 0.15) is 0 Å². The van der Waals surface area contributed by atoms with Gasteiger partial charge in [-0.25, -0.2) is 0 Å². The normalized spacial score (nSPS) is 17.7. The quantitative estimate of drug-likeness (QED) is 0.926. The number of nitrogens with two attached hydrogens (primary N) is 1. The Morgan fingerprint density at radius 1 is 1.10 bits per heavy atom. The summed E-state index contributed by atoms with van der Waals surface area (Å²) in [6, 6.07) is 15.0. The summed E-state index contributed by atoms with van der Waals surface area (Å²) in [6.07, 6.45) is 2.81. The van der Waals surface area contributed by atoms with E-state index in [9.17, 15) is 0 Å². The first-order valence-electron chi connectivity index (χ1n) is 7.27. The molecule has 1 aliphatic heterocycles. The summed E-state index contributed by atoms with van der Waals surface area (Å²) >= 11 is 0. The maximum absolute atomic E-state index is 6.38. The number of hydrogen-bond acceptors (Lipinski definition) is 3. The summed E-state index contributed by atoms with van der Waals surface area (Å²) in [6.45, 7) is 4.07. The molecule has 0 saturated carbocycles. The molecule has 0 amide bonds. The van der Waals surface area contributed by atoms with E-state index in [2.05, 4.69) is 47.1 Å². The molecule has 0 spiro atoms. The highest BCUT2D eigenvalue weighted by atomic mass is 15.2. The van der Waals surface area contributed by atoms with Crippen molar-refractivity contribution in [2.45, 2.75) is 38.5 Å². The first-order chi connectivity index (χ1) is 9.79. The summed E-state index contributed by atoms with van der Waals surface area (Å²) in [7, 11) is 0. The molecule has 2 aromatic rings. The van der Waals surface area contributed by atoms with E-state index in [1.807, 2.05) is 18.3 Å². The van der Waals surface area contributed by atoms with Gasteiger partial charge in [0.05, 0.1) is 11.7 Å². The van der Waals surface area contributed by atoms with Crippen molar-refractivity contribution in [1.29, 1.82) is 0 Å². The van der Waals surface area contributed by atoms with Crippen molar-refractivity contribution in [3.63, 3.8) is 0 Å². The fourth-order valence-electron chi connectivity index (χ4n) is 3.01. The zero-order valence-electron chi connectivity index (χ0n) is 11.9. The Balaban J connectivity index is 1.89. The predicted octanol–water partition coefficient (Wildman–Crippen LogP) is 2.88. The molecule has 1 aromatic heterocycles. The zero-order valence-corrected chi connectivity index (χ0v) is 11.9. The smallest absolute Gasteiger partial charge is 0.0679 e. The summed E-state index contributed by atoms with van der Waals surface area (Å²) in [5, 5.41) is 0. The van der Waals surface area contributed by atoms with Crippen LogP contribution in [0.5, 0.6) is 0 Å². The lowest BCUT2D eigenvalue weighted by atomic mass is 10.0. The molecule has 3 rings (SSSR count). The molecule has 104 valence electrons. The Labute approximate surface area is 120 Å². The van der Waals surface area contributed by atoms with Crippen LogP contribution in [0, 0.1) is 0 Å². The lowest BCUT2D eigenvalue weighted by Gasteiger charge is -2.31. The standard InChI is InChI=1S/C17H21N3/c1-2-15(18)17(16-9-5-6-10-19-16)20-11-13-7-3-4-8-14(13)12-20/h3-10,15,17H,2,11-12,18H2,1H3. The van der Waals surface area contributed by atoms with E-state index in [-0.39, 0.29) is 12.1 Å². The summed E-state index contributed by atoms with van der Waals surface area (Å²) in [5.41, 5.74) is 10.3. The highest BCUT2D eigenvalue weighted by Crippen LogP contribution is 2.32. The van der Waals surface area contributed by atoms with E-state index in [0.717, 1.165) is 25.2 Å². The molecule has 1 aliphatic rings. The minimum atomic E-state index is 0.110. The molecule has 2 N–H and O–H groups in total. The van der Waals surface area contributed by atoms with Crippen LogP contribution < -0.4 is 5.73 Å². The zero-order chi connectivity index (χ0) is 13.9. The topological polar surface area (TPSA) is 42.1 Å². The number of aromatic nitrogens is 1. The minimum absolute atomic E-state index is 0.110. The number of pyridine rings is 1. The van der Waals surface area contributed by atoms with Crippen LogP contribution in [-0.2, 0) is 13.1 Å². The maximum Gasteiger partial charge on any atom is 0.0679 e. The Morgan fingerprint density at radius 3 is 2.30 bits per heavy atom. The monoisotopic (exact) mass is 267 g/mol. The minimum Gasteiger partial charge on any atom is -0.326 e. The molecule has 0 aliphatic carbocycles. The van der Waals surface area contributed by atoms with Crippen molar-refractivity contribution in [2.24, 2.45) is 5.73 Å². The third-order valence-corrected chi connectivity index (χ3v) is 4.13. The highest BCUT2D eigenvalue weighted by molar-refractivity contribution is 5.31. The fraction of sp³-hybridized carbons (Fsp3) is 0.353. The maximum atomic E-state index is 6.38. The second-order valence-electron chi connectivity index (χ2n) is 5.45. The molecule has 0 fully saturated rings. The van der Waals surface area contributed by atoms with Crippen LogP contribution in [-0.4, -0.2) is 15.9 Å².